The average Bonchev–Trinajstić information content (AvgIpc) is 2.95. The molecular weight excluding hydrogens is 531 g/mol. The van der Waals surface area contributed by atoms with Gasteiger partial charge in [0, 0.05) is 19.0 Å². The van der Waals surface area contributed by atoms with Crippen LogP contribution in [0.5, 0.6) is 5.75 Å². The minimum atomic E-state index is -1.35. The molecule has 1 aliphatic heterocycles. The van der Waals surface area contributed by atoms with Gasteiger partial charge in [-0.05, 0) is 74.9 Å². The van der Waals surface area contributed by atoms with Crippen LogP contribution in [0.15, 0.2) is 48.5 Å². The number of carboxylic acids is 1. The van der Waals surface area contributed by atoms with E-state index in [0.29, 0.717) is 24.7 Å². The van der Waals surface area contributed by atoms with E-state index in [2.05, 4.69) is 21.3 Å². The SMILES string of the molecule is CC(=O)NC(CC(=O)O)C(=O)NC(CCc1ccccc1)C(=O)NCc1cc(OCCC2CCCNC2)ccc1F. The third-order valence-corrected chi connectivity index (χ3v) is 6.93. The molecule has 10 nitrogen and oxygen atoms in total. The largest absolute Gasteiger partial charge is 0.494 e. The summed E-state index contributed by atoms with van der Waals surface area (Å²) >= 11 is 0. The van der Waals surface area contributed by atoms with E-state index in [1.165, 1.54) is 13.0 Å². The molecule has 1 heterocycles. The Kier molecular flexibility index (Phi) is 12.6. The molecule has 3 amide bonds. The van der Waals surface area contributed by atoms with E-state index >= 15 is 0 Å². The number of carbonyl (C=O) groups is 4. The van der Waals surface area contributed by atoms with Crippen LogP contribution in [-0.4, -0.2) is 60.6 Å². The highest BCUT2D eigenvalue weighted by Crippen LogP contribution is 2.19. The van der Waals surface area contributed by atoms with Crippen LogP contribution in [0.3, 0.4) is 0 Å². The van der Waals surface area contributed by atoms with E-state index < -0.39 is 48.0 Å². The first-order valence-corrected chi connectivity index (χ1v) is 13.9. The number of hydrogen-bond acceptors (Lipinski definition) is 6. The molecule has 0 aliphatic carbocycles. The van der Waals surface area contributed by atoms with Gasteiger partial charge in [0.15, 0.2) is 0 Å². The van der Waals surface area contributed by atoms with Crippen LogP contribution in [0.4, 0.5) is 4.39 Å². The van der Waals surface area contributed by atoms with Gasteiger partial charge in [-0.2, -0.15) is 0 Å². The molecule has 3 atom stereocenters. The lowest BCUT2D eigenvalue weighted by atomic mass is 9.97. The molecule has 0 radical (unpaired) electrons. The number of piperidine rings is 1. The Balaban J connectivity index is 1.63. The predicted octanol–water partition coefficient (Wildman–Crippen LogP) is 2.31. The summed E-state index contributed by atoms with van der Waals surface area (Å²) in [5.41, 5.74) is 1.16. The zero-order valence-corrected chi connectivity index (χ0v) is 23.3. The van der Waals surface area contributed by atoms with Crippen molar-refractivity contribution in [3.05, 3.63) is 65.5 Å². The predicted molar refractivity (Wildman–Crippen MR) is 151 cm³/mol. The topological polar surface area (TPSA) is 146 Å². The summed E-state index contributed by atoms with van der Waals surface area (Å²) in [6.07, 6.45) is 3.18. The van der Waals surface area contributed by atoms with E-state index in [-0.39, 0.29) is 18.5 Å². The number of hydrogen-bond donors (Lipinski definition) is 5. The molecule has 1 aliphatic rings. The molecule has 41 heavy (non-hydrogen) atoms. The van der Waals surface area contributed by atoms with Crippen molar-refractivity contribution in [2.24, 2.45) is 5.92 Å². The van der Waals surface area contributed by atoms with Crippen molar-refractivity contribution in [3.63, 3.8) is 0 Å². The standard InChI is InChI=1S/C30H39FN4O6/c1-20(36)34-27(17-28(37)38)30(40)35-26(12-9-21-6-3-2-4-7-21)29(39)33-19-23-16-24(10-11-25(23)31)41-15-13-22-8-5-14-32-18-22/h2-4,6-7,10-11,16,22,26-27,32H,5,8-9,12-15,17-19H2,1H3,(H,33,39)(H,34,36)(H,35,40)(H,37,38). The lowest BCUT2D eigenvalue weighted by Gasteiger charge is -2.23. The van der Waals surface area contributed by atoms with Crippen molar-refractivity contribution >= 4 is 23.7 Å². The second-order valence-electron chi connectivity index (χ2n) is 10.3. The molecule has 0 saturated carbocycles. The summed E-state index contributed by atoms with van der Waals surface area (Å²) in [4.78, 5) is 48.8. The molecule has 5 N–H and O–H groups in total. The molecule has 0 spiro atoms. The monoisotopic (exact) mass is 570 g/mol. The van der Waals surface area contributed by atoms with Crippen molar-refractivity contribution < 1.29 is 33.4 Å². The Morgan fingerprint density at radius 2 is 1.85 bits per heavy atom. The molecule has 3 rings (SSSR count). The van der Waals surface area contributed by atoms with Crippen molar-refractivity contribution in [2.45, 2.75) is 64.1 Å². The van der Waals surface area contributed by atoms with Gasteiger partial charge in [0.2, 0.25) is 17.7 Å². The van der Waals surface area contributed by atoms with Gasteiger partial charge < -0.3 is 31.1 Å². The summed E-state index contributed by atoms with van der Waals surface area (Å²) in [7, 11) is 0. The maximum atomic E-state index is 14.6. The summed E-state index contributed by atoms with van der Waals surface area (Å²) in [6.45, 7) is 3.54. The minimum absolute atomic E-state index is 0.142. The maximum Gasteiger partial charge on any atom is 0.305 e. The zero-order chi connectivity index (χ0) is 29.6. The van der Waals surface area contributed by atoms with E-state index in [1.807, 2.05) is 30.3 Å². The van der Waals surface area contributed by atoms with E-state index in [0.717, 1.165) is 37.9 Å². The Morgan fingerprint density at radius 1 is 1.07 bits per heavy atom. The maximum absolute atomic E-state index is 14.6. The van der Waals surface area contributed by atoms with Crippen LogP contribution in [-0.2, 0) is 32.1 Å². The molecule has 222 valence electrons. The van der Waals surface area contributed by atoms with Crippen LogP contribution < -0.4 is 26.0 Å². The third kappa shape index (κ3) is 11.2. The van der Waals surface area contributed by atoms with Gasteiger partial charge in [-0.15, -0.1) is 0 Å². The fourth-order valence-electron chi connectivity index (χ4n) is 4.72. The molecule has 0 bridgehead atoms. The normalized spacial score (nSPS) is 16.2. The lowest BCUT2D eigenvalue weighted by Crippen LogP contribution is -2.54. The lowest BCUT2D eigenvalue weighted by molar-refractivity contribution is -0.140. The zero-order valence-electron chi connectivity index (χ0n) is 23.3. The fourth-order valence-corrected chi connectivity index (χ4v) is 4.72. The second-order valence-corrected chi connectivity index (χ2v) is 10.3. The second kappa shape index (κ2) is 16.3. The van der Waals surface area contributed by atoms with Crippen molar-refractivity contribution in [1.29, 1.82) is 0 Å². The highest BCUT2D eigenvalue weighted by molar-refractivity contribution is 5.93. The number of aryl methyl sites for hydroxylation is 1. The number of amides is 3. The highest BCUT2D eigenvalue weighted by Gasteiger charge is 2.28. The summed E-state index contributed by atoms with van der Waals surface area (Å²) < 4.78 is 20.4. The Hall–Kier alpha value is -3.99. The quantitative estimate of drug-likeness (QED) is 0.221. The number of benzene rings is 2. The van der Waals surface area contributed by atoms with Gasteiger partial charge >= 0.3 is 5.97 Å². The number of carbonyl (C=O) groups excluding carboxylic acids is 3. The highest BCUT2D eigenvalue weighted by atomic mass is 19.1. The van der Waals surface area contributed by atoms with Gasteiger partial charge in [-0.1, -0.05) is 30.3 Å². The fraction of sp³-hybridized carbons (Fsp3) is 0.467. The Labute approximate surface area is 239 Å². The Bertz CT molecular complexity index is 1160. The summed E-state index contributed by atoms with van der Waals surface area (Å²) in [5, 5.41) is 20.1. The van der Waals surface area contributed by atoms with Gasteiger partial charge in [0.1, 0.15) is 23.7 Å². The summed E-state index contributed by atoms with van der Waals surface area (Å²) in [6, 6.07) is 11.3. The van der Waals surface area contributed by atoms with Crippen molar-refractivity contribution in [2.75, 3.05) is 19.7 Å². The van der Waals surface area contributed by atoms with Crippen molar-refractivity contribution in [3.8, 4) is 5.75 Å². The summed E-state index contributed by atoms with van der Waals surface area (Å²) in [5.74, 6) is -2.69. The molecule has 2 aromatic carbocycles. The number of rotatable bonds is 15. The van der Waals surface area contributed by atoms with Crippen LogP contribution in [0.25, 0.3) is 0 Å². The first kappa shape index (κ1) is 31.5. The van der Waals surface area contributed by atoms with E-state index in [9.17, 15) is 23.6 Å². The van der Waals surface area contributed by atoms with E-state index in [1.54, 1.807) is 12.1 Å². The number of nitrogens with one attached hydrogen (secondary N) is 4. The number of aliphatic carboxylic acids is 1. The van der Waals surface area contributed by atoms with Crippen LogP contribution in [0.1, 0.15) is 50.2 Å². The van der Waals surface area contributed by atoms with Gasteiger partial charge in [-0.25, -0.2) is 4.39 Å². The molecule has 1 fully saturated rings. The molecule has 11 heteroatoms. The molecular formula is C30H39FN4O6. The van der Waals surface area contributed by atoms with Gasteiger partial charge in [0.25, 0.3) is 0 Å². The molecule has 0 aromatic heterocycles. The smallest absolute Gasteiger partial charge is 0.305 e. The minimum Gasteiger partial charge on any atom is -0.494 e. The first-order chi connectivity index (χ1) is 19.7. The number of carboxylic acid groups (broad SMARTS) is 1. The van der Waals surface area contributed by atoms with Gasteiger partial charge in [0.05, 0.1) is 13.0 Å². The van der Waals surface area contributed by atoms with Crippen LogP contribution in [0.2, 0.25) is 0 Å². The number of halogens is 1. The average molecular weight is 571 g/mol. The van der Waals surface area contributed by atoms with Crippen LogP contribution in [0, 0.1) is 11.7 Å². The molecule has 3 unspecified atom stereocenters. The molecule has 2 aromatic rings. The van der Waals surface area contributed by atoms with E-state index in [4.69, 9.17) is 9.84 Å². The van der Waals surface area contributed by atoms with Crippen LogP contribution >= 0.6 is 0 Å². The number of ether oxygens (including phenoxy) is 1. The van der Waals surface area contributed by atoms with Gasteiger partial charge in [-0.3, -0.25) is 19.2 Å². The first-order valence-electron chi connectivity index (χ1n) is 13.9. The molecule has 1 saturated heterocycles. The third-order valence-electron chi connectivity index (χ3n) is 6.93. The Morgan fingerprint density at radius 3 is 2.54 bits per heavy atom. The van der Waals surface area contributed by atoms with Crippen molar-refractivity contribution in [1.82, 2.24) is 21.3 Å².